The number of rotatable bonds is 10. The maximum absolute atomic E-state index is 12.2. The zero-order chi connectivity index (χ0) is 25.8. The third-order valence-corrected chi connectivity index (χ3v) is 5.92. The van der Waals surface area contributed by atoms with Gasteiger partial charge in [-0.05, 0) is 30.9 Å². The number of likely N-dealkylation sites (N-methyl/N-ethyl adjacent to an activating group) is 1. The van der Waals surface area contributed by atoms with E-state index in [4.69, 9.17) is 15.6 Å². The molecule has 1 aliphatic rings. The van der Waals surface area contributed by atoms with Crippen LogP contribution in [-0.2, 0) is 27.2 Å². The van der Waals surface area contributed by atoms with Crippen molar-refractivity contribution in [3.05, 3.63) is 41.7 Å². The van der Waals surface area contributed by atoms with E-state index in [9.17, 15) is 19.8 Å². The summed E-state index contributed by atoms with van der Waals surface area (Å²) < 4.78 is 7.09. The number of carboxylic acids is 1. The zero-order valence-electron chi connectivity index (χ0n) is 19.7. The van der Waals surface area contributed by atoms with E-state index in [0.29, 0.717) is 31.4 Å². The Bertz CT molecular complexity index is 1230. The first-order chi connectivity index (χ1) is 17.3. The lowest BCUT2D eigenvalue weighted by Gasteiger charge is -2.16. The van der Waals surface area contributed by atoms with Gasteiger partial charge in [0.25, 0.3) is 5.91 Å². The van der Waals surface area contributed by atoms with Crippen molar-refractivity contribution in [2.24, 2.45) is 0 Å². The molecule has 36 heavy (non-hydrogen) atoms. The largest absolute Gasteiger partial charge is 0.481 e. The number of nitrogen functional groups attached to an aromatic ring is 1. The maximum atomic E-state index is 12.2. The molecule has 3 aromatic rings. The fourth-order valence-corrected chi connectivity index (χ4v) is 4.03. The molecule has 13 heteroatoms. The van der Waals surface area contributed by atoms with Gasteiger partial charge in [-0.2, -0.15) is 9.97 Å². The number of aliphatic carboxylic acids is 1. The minimum absolute atomic E-state index is 0.0905. The molecule has 0 saturated carbocycles. The number of carbonyl (C=O) groups excluding carboxylic acids is 1. The number of amides is 1. The van der Waals surface area contributed by atoms with Gasteiger partial charge in [-0.15, -0.1) is 0 Å². The van der Waals surface area contributed by atoms with Crippen molar-refractivity contribution in [1.82, 2.24) is 24.8 Å². The predicted octanol–water partition coefficient (Wildman–Crippen LogP) is -0.164. The molecule has 1 fully saturated rings. The Balaban J connectivity index is 1.45. The molecule has 2 aromatic heterocycles. The van der Waals surface area contributed by atoms with Crippen LogP contribution in [0.15, 0.2) is 30.6 Å². The van der Waals surface area contributed by atoms with Gasteiger partial charge in [-0.3, -0.25) is 14.2 Å². The van der Waals surface area contributed by atoms with Gasteiger partial charge in [0.15, 0.2) is 23.8 Å². The van der Waals surface area contributed by atoms with Crippen LogP contribution in [0.4, 0.5) is 11.8 Å². The first-order valence-electron chi connectivity index (χ1n) is 11.6. The van der Waals surface area contributed by atoms with Crippen LogP contribution in [0, 0.1) is 0 Å². The summed E-state index contributed by atoms with van der Waals surface area (Å²) >= 11 is 0. The second-order valence-electron chi connectivity index (χ2n) is 8.47. The molecule has 1 saturated heterocycles. The van der Waals surface area contributed by atoms with Crippen molar-refractivity contribution in [3.8, 4) is 0 Å². The van der Waals surface area contributed by atoms with E-state index in [-0.39, 0.29) is 23.8 Å². The summed E-state index contributed by atoms with van der Waals surface area (Å²) in [6.45, 7) is 2.59. The molecule has 192 valence electrons. The molecule has 0 unspecified atom stereocenters. The quantitative estimate of drug-likeness (QED) is 0.217. The van der Waals surface area contributed by atoms with Gasteiger partial charge < -0.3 is 36.4 Å². The third kappa shape index (κ3) is 5.37. The van der Waals surface area contributed by atoms with Crippen LogP contribution in [0.2, 0.25) is 0 Å². The summed E-state index contributed by atoms with van der Waals surface area (Å²) in [5, 5.41) is 35.4. The van der Waals surface area contributed by atoms with E-state index in [1.54, 1.807) is 6.92 Å². The summed E-state index contributed by atoms with van der Waals surface area (Å²) in [5.74, 6) is -0.985. The van der Waals surface area contributed by atoms with Crippen LogP contribution >= 0.6 is 0 Å². The lowest BCUT2D eigenvalue weighted by atomic mass is 10.1. The molecular weight excluding hydrogens is 470 g/mol. The number of carbonyl (C=O) groups is 2. The number of anilines is 2. The average molecular weight is 500 g/mol. The van der Waals surface area contributed by atoms with Crippen LogP contribution in [0.3, 0.4) is 0 Å². The Hall–Kier alpha value is -3.81. The van der Waals surface area contributed by atoms with Gasteiger partial charge >= 0.3 is 5.97 Å². The van der Waals surface area contributed by atoms with E-state index < -0.39 is 36.4 Å². The van der Waals surface area contributed by atoms with E-state index >= 15 is 0 Å². The molecule has 1 aromatic carbocycles. The van der Waals surface area contributed by atoms with Crippen LogP contribution in [0.25, 0.3) is 11.2 Å². The van der Waals surface area contributed by atoms with Gasteiger partial charge in [0, 0.05) is 19.5 Å². The Morgan fingerprint density at radius 1 is 1.11 bits per heavy atom. The van der Waals surface area contributed by atoms with Crippen LogP contribution < -0.4 is 16.4 Å². The highest BCUT2D eigenvalue weighted by atomic mass is 16.6. The highest BCUT2D eigenvalue weighted by Crippen LogP contribution is 2.32. The number of nitrogens with one attached hydrogen (secondary N) is 2. The molecule has 7 N–H and O–H groups in total. The summed E-state index contributed by atoms with van der Waals surface area (Å²) in [6.07, 6.45) is -2.56. The van der Waals surface area contributed by atoms with Crippen molar-refractivity contribution < 1.29 is 29.6 Å². The van der Waals surface area contributed by atoms with Gasteiger partial charge in [0.1, 0.15) is 17.7 Å². The molecule has 13 nitrogen and oxygen atoms in total. The fraction of sp³-hybridized carbons (Fsp3) is 0.435. The van der Waals surface area contributed by atoms with Crippen molar-refractivity contribution in [3.63, 3.8) is 0 Å². The normalized spacial score (nSPS) is 21.5. The number of benzene rings is 1. The number of nitrogens with zero attached hydrogens (tertiary/aromatic N) is 4. The minimum Gasteiger partial charge on any atom is -0.481 e. The minimum atomic E-state index is -1.42. The molecule has 0 aliphatic carbocycles. The standard InChI is InChI=1S/C23H29N7O6/c1-2-25-21(35)18-16(33)17(34)22(36-18)30-11-27-15-19(24)28-23(29-20(15)30)26-10-9-13-5-3-12(4-6-13)7-8-14(31)32/h3-6,11,16-18,22,33-34H,2,7-10H2,1H3,(H,25,35)(H,31,32)(H3,24,26,28,29)/t16-,17-,18-,22-/m0/s1. The first kappa shape index (κ1) is 25.3. The zero-order valence-corrected chi connectivity index (χ0v) is 19.7. The Kier molecular flexibility index (Phi) is 7.62. The molecule has 1 amide bonds. The maximum Gasteiger partial charge on any atom is 0.303 e. The number of hydrogen-bond donors (Lipinski definition) is 6. The molecule has 4 atom stereocenters. The highest BCUT2D eigenvalue weighted by molar-refractivity contribution is 5.83. The van der Waals surface area contributed by atoms with Gasteiger partial charge in [-0.1, -0.05) is 24.3 Å². The van der Waals surface area contributed by atoms with Gasteiger partial charge in [0.05, 0.1) is 6.33 Å². The fourth-order valence-electron chi connectivity index (χ4n) is 4.03. The Morgan fingerprint density at radius 3 is 2.47 bits per heavy atom. The van der Waals surface area contributed by atoms with Gasteiger partial charge in [0.2, 0.25) is 5.95 Å². The van der Waals surface area contributed by atoms with Crippen LogP contribution in [0.5, 0.6) is 0 Å². The summed E-state index contributed by atoms with van der Waals surface area (Å²) in [6, 6.07) is 7.71. The number of imidazole rings is 1. The second-order valence-corrected chi connectivity index (χ2v) is 8.47. The van der Waals surface area contributed by atoms with Crippen molar-refractivity contribution >= 4 is 34.8 Å². The molecule has 4 rings (SSSR count). The number of aliphatic hydroxyl groups excluding tert-OH is 2. The Labute approximate surface area is 206 Å². The van der Waals surface area contributed by atoms with Crippen molar-refractivity contribution in [2.75, 3.05) is 24.1 Å². The average Bonchev–Trinajstić information content (AvgIpc) is 3.40. The number of aliphatic hydroxyl groups is 2. The SMILES string of the molecule is CCNC(=O)[C@H]1O[C@H](n2cnc3c(N)nc(NCCc4ccc(CCC(=O)O)cc4)nc32)[C@@H](O)[C@@H]1O. The monoisotopic (exact) mass is 499 g/mol. The molecule has 0 radical (unpaired) electrons. The number of aryl methyl sites for hydroxylation is 1. The lowest BCUT2D eigenvalue weighted by Crippen LogP contribution is -2.42. The number of carboxylic acid groups (broad SMARTS) is 1. The summed E-state index contributed by atoms with van der Waals surface area (Å²) in [5.41, 5.74) is 8.65. The van der Waals surface area contributed by atoms with E-state index in [0.717, 1.165) is 11.1 Å². The molecule has 1 aliphatic heterocycles. The number of ether oxygens (including phenoxy) is 1. The third-order valence-electron chi connectivity index (χ3n) is 5.92. The van der Waals surface area contributed by atoms with E-state index in [2.05, 4.69) is 25.6 Å². The van der Waals surface area contributed by atoms with Crippen LogP contribution in [-0.4, -0.2) is 78.1 Å². The summed E-state index contributed by atoms with van der Waals surface area (Å²) in [4.78, 5) is 35.8. The molecular formula is C23H29N7O6. The number of hydrogen-bond acceptors (Lipinski definition) is 10. The topological polar surface area (TPSA) is 198 Å². The summed E-state index contributed by atoms with van der Waals surface area (Å²) in [7, 11) is 0. The highest BCUT2D eigenvalue weighted by Gasteiger charge is 2.47. The number of fused-ring (bicyclic) bond motifs is 1. The lowest BCUT2D eigenvalue weighted by molar-refractivity contribution is -0.138. The first-order valence-corrected chi connectivity index (χ1v) is 11.6. The molecule has 3 heterocycles. The number of aromatic nitrogens is 4. The second kappa shape index (κ2) is 10.8. The smallest absolute Gasteiger partial charge is 0.303 e. The molecule has 0 bridgehead atoms. The van der Waals surface area contributed by atoms with E-state index in [1.165, 1.54) is 10.9 Å². The molecule has 0 spiro atoms. The Morgan fingerprint density at radius 2 is 1.81 bits per heavy atom. The van der Waals surface area contributed by atoms with Crippen molar-refractivity contribution in [1.29, 1.82) is 0 Å². The van der Waals surface area contributed by atoms with Crippen LogP contribution in [0.1, 0.15) is 30.7 Å². The van der Waals surface area contributed by atoms with E-state index in [1.807, 2.05) is 24.3 Å². The van der Waals surface area contributed by atoms with Gasteiger partial charge in [-0.25, -0.2) is 4.98 Å². The predicted molar refractivity (Wildman–Crippen MR) is 129 cm³/mol. The number of nitrogens with two attached hydrogens (primary N) is 1. The van der Waals surface area contributed by atoms with Crippen molar-refractivity contribution in [2.45, 2.75) is 50.7 Å².